The van der Waals surface area contributed by atoms with E-state index in [-0.39, 0.29) is 27.7 Å². The molecule has 0 spiro atoms. The van der Waals surface area contributed by atoms with Crippen LogP contribution in [0.5, 0.6) is 0 Å². The van der Waals surface area contributed by atoms with Crippen LogP contribution in [-0.4, -0.2) is 18.5 Å². The molecular weight excluding hydrogens is 278 g/mol. The van der Waals surface area contributed by atoms with Crippen LogP contribution in [0.15, 0.2) is 12.1 Å². The van der Waals surface area contributed by atoms with Gasteiger partial charge in [0.15, 0.2) is 0 Å². The molecule has 1 aromatic rings. The van der Waals surface area contributed by atoms with E-state index < -0.39 is 5.82 Å². The molecule has 6 heteroatoms. The molecule has 1 atom stereocenters. The third-order valence-corrected chi connectivity index (χ3v) is 3.48. The molecule has 2 rings (SSSR count). The first-order chi connectivity index (χ1) is 8.58. The highest BCUT2D eigenvalue weighted by Gasteiger charge is 2.22. The highest BCUT2D eigenvalue weighted by molar-refractivity contribution is 6.39. The average Bonchev–Trinajstić information content (AvgIpc) is 2.34. The fraction of sp³-hybridized carbons (Fsp3) is 0.417. The Morgan fingerprint density at radius 2 is 2.00 bits per heavy atom. The molecule has 1 heterocycles. The van der Waals surface area contributed by atoms with Crippen molar-refractivity contribution in [1.29, 1.82) is 0 Å². The molecule has 1 aliphatic rings. The van der Waals surface area contributed by atoms with Crippen molar-refractivity contribution in [1.82, 2.24) is 5.32 Å². The number of anilines is 1. The minimum atomic E-state index is -0.529. The smallest absolute Gasteiger partial charge is 0.241 e. The average molecular weight is 291 g/mol. The summed E-state index contributed by atoms with van der Waals surface area (Å²) in [6.45, 7) is 0.822. The zero-order chi connectivity index (χ0) is 13.1. The molecule has 1 aromatic carbocycles. The SMILES string of the molecule is O=C(Nc1c(Cl)cc(F)cc1Cl)C1CCCCN1. The van der Waals surface area contributed by atoms with Gasteiger partial charge in [0.2, 0.25) is 5.91 Å². The Morgan fingerprint density at radius 3 is 2.56 bits per heavy atom. The second kappa shape index (κ2) is 5.87. The minimum Gasteiger partial charge on any atom is -0.322 e. The van der Waals surface area contributed by atoms with Crippen molar-refractivity contribution in [2.75, 3.05) is 11.9 Å². The van der Waals surface area contributed by atoms with Crippen molar-refractivity contribution in [3.63, 3.8) is 0 Å². The van der Waals surface area contributed by atoms with Crippen molar-refractivity contribution in [2.24, 2.45) is 0 Å². The summed E-state index contributed by atoms with van der Waals surface area (Å²) in [5.41, 5.74) is 0.261. The Morgan fingerprint density at radius 1 is 1.33 bits per heavy atom. The van der Waals surface area contributed by atoms with Gasteiger partial charge < -0.3 is 10.6 Å². The predicted molar refractivity (Wildman–Crippen MR) is 70.7 cm³/mol. The van der Waals surface area contributed by atoms with Gasteiger partial charge in [0.1, 0.15) is 5.82 Å². The molecule has 0 radical (unpaired) electrons. The number of benzene rings is 1. The van der Waals surface area contributed by atoms with Crippen molar-refractivity contribution in [3.05, 3.63) is 28.0 Å². The summed E-state index contributed by atoms with van der Waals surface area (Å²) in [6, 6.07) is 2.00. The number of carbonyl (C=O) groups excluding carboxylic acids is 1. The van der Waals surface area contributed by atoms with Gasteiger partial charge in [-0.15, -0.1) is 0 Å². The Kier molecular flexibility index (Phi) is 4.43. The summed E-state index contributed by atoms with van der Waals surface area (Å²) in [6.07, 6.45) is 2.86. The quantitative estimate of drug-likeness (QED) is 0.878. The number of halogens is 3. The van der Waals surface area contributed by atoms with Crippen LogP contribution in [-0.2, 0) is 4.79 Å². The van der Waals surface area contributed by atoms with Crippen LogP contribution < -0.4 is 10.6 Å². The summed E-state index contributed by atoms with van der Waals surface area (Å²) in [4.78, 5) is 12.0. The fourth-order valence-electron chi connectivity index (χ4n) is 1.95. The lowest BCUT2D eigenvalue weighted by atomic mass is 10.0. The Balaban J connectivity index is 2.11. The molecule has 1 aliphatic heterocycles. The highest BCUT2D eigenvalue weighted by atomic mass is 35.5. The van der Waals surface area contributed by atoms with Gasteiger partial charge in [-0.3, -0.25) is 4.79 Å². The van der Waals surface area contributed by atoms with Crippen LogP contribution in [0.3, 0.4) is 0 Å². The van der Waals surface area contributed by atoms with Gasteiger partial charge in [0.25, 0.3) is 0 Å². The summed E-state index contributed by atoms with van der Waals surface area (Å²) < 4.78 is 13.0. The Bertz CT molecular complexity index is 438. The van der Waals surface area contributed by atoms with Gasteiger partial charge in [0.05, 0.1) is 21.8 Å². The molecule has 1 fully saturated rings. The zero-order valence-corrected chi connectivity index (χ0v) is 11.1. The van der Waals surface area contributed by atoms with Gasteiger partial charge >= 0.3 is 0 Å². The molecule has 1 amide bonds. The van der Waals surface area contributed by atoms with Gasteiger partial charge in [-0.05, 0) is 31.5 Å². The van der Waals surface area contributed by atoms with Crippen LogP contribution >= 0.6 is 23.2 Å². The predicted octanol–water partition coefficient (Wildman–Crippen LogP) is 3.21. The lowest BCUT2D eigenvalue weighted by Gasteiger charge is -2.23. The number of rotatable bonds is 2. The maximum atomic E-state index is 13.0. The number of hydrogen-bond donors (Lipinski definition) is 2. The van der Waals surface area contributed by atoms with E-state index in [1.54, 1.807) is 0 Å². The molecule has 98 valence electrons. The lowest BCUT2D eigenvalue weighted by Crippen LogP contribution is -2.43. The maximum Gasteiger partial charge on any atom is 0.241 e. The van der Waals surface area contributed by atoms with Crippen molar-refractivity contribution >= 4 is 34.8 Å². The van der Waals surface area contributed by atoms with Crippen molar-refractivity contribution < 1.29 is 9.18 Å². The van der Waals surface area contributed by atoms with Gasteiger partial charge in [0, 0.05) is 0 Å². The molecule has 1 unspecified atom stereocenters. The normalized spacial score (nSPS) is 19.6. The van der Waals surface area contributed by atoms with E-state index in [2.05, 4.69) is 10.6 Å². The molecule has 0 aromatic heterocycles. The summed E-state index contributed by atoms with van der Waals surface area (Å²) in [7, 11) is 0. The van der Waals surface area contributed by atoms with Crippen molar-refractivity contribution in [2.45, 2.75) is 25.3 Å². The van der Waals surface area contributed by atoms with Gasteiger partial charge in [-0.25, -0.2) is 4.39 Å². The van der Waals surface area contributed by atoms with Crippen molar-refractivity contribution in [3.8, 4) is 0 Å². The largest absolute Gasteiger partial charge is 0.322 e. The first-order valence-electron chi connectivity index (χ1n) is 5.76. The standard InChI is InChI=1S/C12H13Cl2FN2O/c13-8-5-7(15)6-9(14)11(8)17-12(18)10-3-1-2-4-16-10/h5-6,10,16H,1-4H2,(H,17,18). The highest BCUT2D eigenvalue weighted by Crippen LogP contribution is 2.31. The number of piperidine rings is 1. The number of hydrogen-bond acceptors (Lipinski definition) is 2. The van der Waals surface area contributed by atoms with Crippen LogP contribution in [0.25, 0.3) is 0 Å². The van der Waals surface area contributed by atoms with E-state index in [9.17, 15) is 9.18 Å². The Hall–Kier alpha value is -0.840. The molecule has 0 aliphatic carbocycles. The Labute approximate surface area is 115 Å². The van der Waals surface area contributed by atoms with Crippen LogP contribution in [0.2, 0.25) is 10.0 Å². The molecule has 0 bridgehead atoms. The number of carbonyl (C=O) groups is 1. The fourth-order valence-corrected chi connectivity index (χ4v) is 2.50. The summed E-state index contributed by atoms with van der Waals surface area (Å²) in [5, 5.41) is 5.96. The number of nitrogens with one attached hydrogen (secondary N) is 2. The van der Waals surface area contributed by atoms with E-state index in [0.717, 1.165) is 37.9 Å². The van der Waals surface area contributed by atoms with E-state index in [1.165, 1.54) is 0 Å². The second-order valence-corrected chi connectivity index (χ2v) is 5.05. The van der Waals surface area contributed by atoms with Crippen LogP contribution in [0.1, 0.15) is 19.3 Å². The first kappa shape index (κ1) is 13.6. The van der Waals surface area contributed by atoms with Gasteiger partial charge in [-0.2, -0.15) is 0 Å². The topological polar surface area (TPSA) is 41.1 Å². The first-order valence-corrected chi connectivity index (χ1v) is 6.52. The van der Waals surface area contributed by atoms with Gasteiger partial charge in [-0.1, -0.05) is 29.6 Å². The molecule has 0 saturated carbocycles. The molecule has 18 heavy (non-hydrogen) atoms. The van der Waals surface area contributed by atoms with E-state index in [0.29, 0.717) is 0 Å². The van der Waals surface area contributed by atoms with Crippen LogP contribution in [0, 0.1) is 5.82 Å². The lowest BCUT2D eigenvalue weighted by molar-refractivity contribution is -0.118. The monoisotopic (exact) mass is 290 g/mol. The third kappa shape index (κ3) is 3.13. The third-order valence-electron chi connectivity index (χ3n) is 2.88. The second-order valence-electron chi connectivity index (χ2n) is 4.24. The van der Waals surface area contributed by atoms with E-state index >= 15 is 0 Å². The molecule has 1 saturated heterocycles. The molecule has 2 N–H and O–H groups in total. The maximum absolute atomic E-state index is 13.0. The minimum absolute atomic E-state index is 0.101. The zero-order valence-electron chi connectivity index (χ0n) is 9.60. The van der Waals surface area contributed by atoms with E-state index in [4.69, 9.17) is 23.2 Å². The molecule has 3 nitrogen and oxygen atoms in total. The number of amides is 1. The van der Waals surface area contributed by atoms with Crippen LogP contribution in [0.4, 0.5) is 10.1 Å². The molecular formula is C12H13Cl2FN2O. The summed E-state index contributed by atoms with van der Waals surface area (Å²) in [5.74, 6) is -0.719. The summed E-state index contributed by atoms with van der Waals surface area (Å²) >= 11 is 11.7. The van der Waals surface area contributed by atoms with E-state index in [1.807, 2.05) is 0 Å².